The van der Waals surface area contributed by atoms with Crippen molar-refractivity contribution in [3.8, 4) is 0 Å². The number of nitrogens with zero attached hydrogens (tertiary/aromatic N) is 1. The van der Waals surface area contributed by atoms with Crippen molar-refractivity contribution in [1.82, 2.24) is 0 Å². The summed E-state index contributed by atoms with van der Waals surface area (Å²) in [7, 11) is 1.84. The number of ether oxygens (including phenoxy) is 2. The van der Waals surface area contributed by atoms with Crippen LogP contribution in [0.2, 0.25) is 0 Å². The standard InChI is InChI=1S/C30H60NO6P/c1-8-9-10-11-12-13-14-15-16-17-18-19-20-21-22-23-25-34-27-29(37-30(2,3)4)28-36-38(32,33)35-26-24-31(5,6)7/h12-13,18-19,29H,8-11,14-17,20-28H2,1-7H3/p+1/t29-/m1/s1. The molecule has 0 radical (unpaired) electrons. The van der Waals surface area contributed by atoms with E-state index in [4.69, 9.17) is 18.5 Å². The first-order chi connectivity index (χ1) is 17.8. The van der Waals surface area contributed by atoms with Gasteiger partial charge in [0.15, 0.2) is 0 Å². The molecule has 0 aromatic heterocycles. The van der Waals surface area contributed by atoms with E-state index in [-0.39, 0.29) is 13.2 Å². The Hall–Kier alpha value is -0.530. The zero-order chi connectivity index (χ0) is 28.8. The van der Waals surface area contributed by atoms with Gasteiger partial charge in [0.25, 0.3) is 0 Å². The fourth-order valence-electron chi connectivity index (χ4n) is 3.63. The first-order valence-electron chi connectivity index (χ1n) is 14.8. The first-order valence-corrected chi connectivity index (χ1v) is 16.3. The van der Waals surface area contributed by atoms with E-state index in [0.717, 1.165) is 25.7 Å². The van der Waals surface area contributed by atoms with Gasteiger partial charge in [0, 0.05) is 6.61 Å². The van der Waals surface area contributed by atoms with Crippen molar-refractivity contribution in [3.05, 3.63) is 24.3 Å². The summed E-state index contributed by atoms with van der Waals surface area (Å²) in [6.45, 7) is 9.70. The Labute approximate surface area is 235 Å². The van der Waals surface area contributed by atoms with Gasteiger partial charge in [-0.3, -0.25) is 9.05 Å². The minimum Gasteiger partial charge on any atom is -0.379 e. The van der Waals surface area contributed by atoms with Crippen molar-refractivity contribution in [2.24, 2.45) is 0 Å². The van der Waals surface area contributed by atoms with Crippen LogP contribution in [0.5, 0.6) is 0 Å². The molecule has 0 aromatic carbocycles. The molecule has 0 saturated carbocycles. The molecule has 0 aliphatic rings. The van der Waals surface area contributed by atoms with Crippen molar-refractivity contribution in [1.29, 1.82) is 0 Å². The van der Waals surface area contributed by atoms with Crippen LogP contribution in [0.25, 0.3) is 0 Å². The summed E-state index contributed by atoms with van der Waals surface area (Å²) in [5.41, 5.74) is -0.418. The number of unbranched alkanes of at least 4 members (excludes halogenated alkanes) is 9. The molecular weight excluding hydrogens is 501 g/mol. The Morgan fingerprint density at radius 2 is 1.29 bits per heavy atom. The molecule has 0 rings (SSSR count). The van der Waals surface area contributed by atoms with Crippen LogP contribution in [-0.2, 0) is 23.1 Å². The number of hydrogen-bond donors (Lipinski definition) is 1. The molecule has 0 heterocycles. The predicted octanol–water partition coefficient (Wildman–Crippen LogP) is 7.84. The van der Waals surface area contributed by atoms with Crippen molar-refractivity contribution < 1.29 is 32.5 Å². The van der Waals surface area contributed by atoms with E-state index in [0.29, 0.717) is 24.2 Å². The summed E-state index contributed by atoms with van der Waals surface area (Å²) in [5.74, 6) is 0. The average Bonchev–Trinajstić information content (AvgIpc) is 2.80. The van der Waals surface area contributed by atoms with Gasteiger partial charge in [-0.05, 0) is 78.6 Å². The lowest BCUT2D eigenvalue weighted by Crippen LogP contribution is -2.37. The van der Waals surface area contributed by atoms with Crippen LogP contribution < -0.4 is 0 Å². The lowest BCUT2D eigenvalue weighted by atomic mass is 10.1. The smallest absolute Gasteiger partial charge is 0.379 e. The van der Waals surface area contributed by atoms with Gasteiger partial charge in [-0.1, -0.05) is 50.5 Å². The Bertz CT molecular complexity index is 654. The minimum atomic E-state index is -4.13. The quantitative estimate of drug-likeness (QED) is 0.0529. The van der Waals surface area contributed by atoms with Gasteiger partial charge < -0.3 is 18.9 Å². The summed E-state index contributed by atoms with van der Waals surface area (Å²) in [5, 5.41) is 0. The molecule has 0 amide bonds. The molecule has 0 aromatic rings. The molecule has 8 heteroatoms. The number of rotatable bonds is 25. The van der Waals surface area contributed by atoms with Crippen molar-refractivity contribution in [2.75, 3.05) is 54.1 Å². The van der Waals surface area contributed by atoms with Crippen LogP contribution in [0.3, 0.4) is 0 Å². The summed E-state index contributed by atoms with van der Waals surface area (Å²) < 4.78 is 34.9. The number of likely N-dealkylation sites (N-methyl/N-ethyl adjacent to an activating group) is 1. The molecule has 38 heavy (non-hydrogen) atoms. The number of phosphoric ester groups is 1. The van der Waals surface area contributed by atoms with Gasteiger partial charge in [0.2, 0.25) is 0 Å². The highest BCUT2D eigenvalue weighted by Crippen LogP contribution is 2.43. The number of quaternary nitrogens is 1. The summed E-state index contributed by atoms with van der Waals surface area (Å²) in [6, 6.07) is 0. The molecule has 0 fully saturated rings. The first kappa shape index (κ1) is 37.5. The second-order valence-electron chi connectivity index (χ2n) is 12.1. The van der Waals surface area contributed by atoms with Gasteiger partial charge in [0.1, 0.15) is 19.3 Å². The van der Waals surface area contributed by atoms with E-state index in [1.165, 1.54) is 51.4 Å². The highest BCUT2D eigenvalue weighted by molar-refractivity contribution is 7.47. The van der Waals surface area contributed by atoms with Gasteiger partial charge in [-0.15, -0.1) is 0 Å². The maximum atomic E-state index is 12.2. The zero-order valence-electron chi connectivity index (χ0n) is 25.8. The molecule has 7 nitrogen and oxygen atoms in total. The van der Waals surface area contributed by atoms with Gasteiger partial charge in [-0.25, -0.2) is 4.57 Å². The molecule has 0 bridgehead atoms. The van der Waals surface area contributed by atoms with Crippen LogP contribution in [0.15, 0.2) is 24.3 Å². The maximum Gasteiger partial charge on any atom is 0.472 e. The second kappa shape index (κ2) is 22.2. The van der Waals surface area contributed by atoms with Crippen molar-refractivity contribution >= 4 is 7.82 Å². The topological polar surface area (TPSA) is 74.2 Å². The maximum absolute atomic E-state index is 12.2. The highest BCUT2D eigenvalue weighted by Gasteiger charge is 2.27. The highest BCUT2D eigenvalue weighted by atomic mass is 31.2. The van der Waals surface area contributed by atoms with Crippen LogP contribution in [0.1, 0.15) is 105 Å². The lowest BCUT2D eigenvalue weighted by Gasteiger charge is -2.28. The third kappa shape index (κ3) is 28.5. The van der Waals surface area contributed by atoms with E-state index in [2.05, 4.69) is 31.2 Å². The monoisotopic (exact) mass is 562 g/mol. The molecule has 0 spiro atoms. The average molecular weight is 563 g/mol. The van der Waals surface area contributed by atoms with Crippen LogP contribution in [0, 0.1) is 0 Å². The van der Waals surface area contributed by atoms with Crippen LogP contribution in [-0.4, -0.2) is 75.2 Å². The molecule has 2 atom stereocenters. The fourth-order valence-corrected chi connectivity index (χ4v) is 4.37. The molecule has 1 unspecified atom stereocenters. The van der Waals surface area contributed by atoms with Crippen LogP contribution >= 0.6 is 7.82 Å². The van der Waals surface area contributed by atoms with Crippen LogP contribution in [0.4, 0.5) is 0 Å². The van der Waals surface area contributed by atoms with E-state index in [9.17, 15) is 9.46 Å². The van der Waals surface area contributed by atoms with E-state index < -0.39 is 19.5 Å². The minimum absolute atomic E-state index is 0.0601. The molecule has 0 aliphatic heterocycles. The van der Waals surface area contributed by atoms with E-state index in [1.54, 1.807) is 0 Å². The molecule has 0 aliphatic carbocycles. The van der Waals surface area contributed by atoms with Gasteiger partial charge >= 0.3 is 7.82 Å². The summed E-state index contributed by atoms with van der Waals surface area (Å²) in [6.07, 6.45) is 23.3. The number of allylic oxidation sites excluding steroid dienone is 4. The number of hydrogen-bond acceptors (Lipinski definition) is 5. The predicted molar refractivity (Wildman–Crippen MR) is 159 cm³/mol. The fraction of sp³-hybridized carbons (Fsp3) is 0.867. The van der Waals surface area contributed by atoms with Gasteiger partial charge in [0.05, 0.1) is 40.0 Å². The normalized spacial score (nSPS) is 15.5. The Kier molecular flexibility index (Phi) is 21.9. The largest absolute Gasteiger partial charge is 0.472 e. The van der Waals surface area contributed by atoms with Crippen molar-refractivity contribution in [3.63, 3.8) is 0 Å². The lowest BCUT2D eigenvalue weighted by molar-refractivity contribution is -0.870. The van der Waals surface area contributed by atoms with E-state index >= 15 is 0 Å². The Morgan fingerprint density at radius 1 is 0.763 bits per heavy atom. The molecule has 1 N–H and O–H groups in total. The summed E-state index contributed by atoms with van der Waals surface area (Å²) >= 11 is 0. The Morgan fingerprint density at radius 3 is 1.79 bits per heavy atom. The third-order valence-electron chi connectivity index (χ3n) is 5.72. The SMILES string of the molecule is CCCCCC=CCCCCC=CCCCCCOC[C@H](COP(=O)(O)OCC[N+](C)(C)C)OC(C)(C)C. The second-order valence-corrected chi connectivity index (χ2v) is 13.6. The van der Waals surface area contributed by atoms with Crippen molar-refractivity contribution in [2.45, 2.75) is 116 Å². The number of phosphoric acid groups is 1. The third-order valence-corrected chi connectivity index (χ3v) is 6.71. The van der Waals surface area contributed by atoms with Gasteiger partial charge in [-0.2, -0.15) is 0 Å². The molecule has 0 saturated heterocycles. The summed E-state index contributed by atoms with van der Waals surface area (Å²) in [4.78, 5) is 9.99. The molecule has 226 valence electrons. The molecular formula is C30H61NO6P+. The van der Waals surface area contributed by atoms with E-state index in [1.807, 2.05) is 41.9 Å². The zero-order valence-corrected chi connectivity index (χ0v) is 26.7. The Balaban J connectivity index is 3.95.